The van der Waals surface area contributed by atoms with Crippen molar-refractivity contribution in [1.82, 2.24) is 0 Å². The Kier molecular flexibility index (Phi) is 2.92. The number of halogens is 4. The summed E-state index contributed by atoms with van der Waals surface area (Å²) in [5.74, 6) is -2.27. The molecule has 0 amide bonds. The average molecular weight is 225 g/mol. The lowest BCUT2D eigenvalue weighted by molar-refractivity contribution is -0.275. The normalized spacial score (nSPS) is 11.3. The summed E-state index contributed by atoms with van der Waals surface area (Å²) in [6.45, 7) is 0. The molecule has 0 fully saturated rings. The molecule has 0 bridgehead atoms. The monoisotopic (exact) mass is 225 g/mol. The summed E-state index contributed by atoms with van der Waals surface area (Å²) in [6.07, 6.45) is -4.96. The highest BCUT2D eigenvalue weighted by atomic mass is 19.4. The number of anilines is 1. The minimum Gasteiger partial charge on any atom is -0.494 e. The van der Waals surface area contributed by atoms with E-state index in [9.17, 15) is 17.6 Å². The molecule has 0 spiro atoms. The fourth-order valence-electron chi connectivity index (χ4n) is 0.930. The summed E-state index contributed by atoms with van der Waals surface area (Å²) < 4.78 is 56.4. The minimum atomic E-state index is -4.96. The van der Waals surface area contributed by atoms with Crippen molar-refractivity contribution in [2.24, 2.45) is 0 Å². The molecule has 84 valence electrons. The van der Waals surface area contributed by atoms with Crippen LogP contribution in [-0.4, -0.2) is 13.5 Å². The quantitative estimate of drug-likeness (QED) is 0.620. The first-order valence-corrected chi connectivity index (χ1v) is 3.72. The number of nitrogen functional groups attached to an aromatic ring is 1. The van der Waals surface area contributed by atoms with Crippen molar-refractivity contribution in [1.29, 1.82) is 0 Å². The summed E-state index contributed by atoms with van der Waals surface area (Å²) in [5, 5.41) is 0. The number of ether oxygens (including phenoxy) is 2. The van der Waals surface area contributed by atoms with E-state index in [1.165, 1.54) is 7.11 Å². The van der Waals surface area contributed by atoms with Gasteiger partial charge in [-0.05, 0) is 0 Å². The van der Waals surface area contributed by atoms with Gasteiger partial charge in [0.25, 0.3) is 0 Å². The molecule has 0 aliphatic rings. The van der Waals surface area contributed by atoms with Crippen LogP contribution in [0.3, 0.4) is 0 Å². The maximum Gasteiger partial charge on any atom is 0.573 e. The maximum absolute atomic E-state index is 12.9. The summed E-state index contributed by atoms with van der Waals surface area (Å²) in [4.78, 5) is 0. The maximum atomic E-state index is 12.9. The number of benzene rings is 1. The van der Waals surface area contributed by atoms with Gasteiger partial charge in [-0.15, -0.1) is 13.2 Å². The summed E-state index contributed by atoms with van der Waals surface area (Å²) >= 11 is 0. The zero-order chi connectivity index (χ0) is 11.6. The van der Waals surface area contributed by atoms with Gasteiger partial charge >= 0.3 is 6.36 Å². The van der Waals surface area contributed by atoms with Gasteiger partial charge in [0.1, 0.15) is 5.75 Å². The number of rotatable bonds is 2. The second kappa shape index (κ2) is 3.84. The number of alkyl halides is 3. The second-order valence-electron chi connectivity index (χ2n) is 2.57. The number of nitrogens with two attached hydrogens (primary N) is 1. The standard InChI is InChI=1S/C8H7F4NO2/c1-14-7-3-6(15-8(10,11)12)4(9)2-5(7)13/h2-3H,13H2,1H3. The van der Waals surface area contributed by atoms with Crippen molar-refractivity contribution in [2.75, 3.05) is 12.8 Å². The molecule has 3 nitrogen and oxygen atoms in total. The van der Waals surface area contributed by atoms with E-state index in [4.69, 9.17) is 5.73 Å². The Bertz CT molecular complexity index is 364. The van der Waals surface area contributed by atoms with Crippen molar-refractivity contribution in [3.63, 3.8) is 0 Å². The van der Waals surface area contributed by atoms with E-state index in [1.807, 2.05) is 0 Å². The Labute approximate surface area is 82.4 Å². The molecule has 0 saturated heterocycles. The van der Waals surface area contributed by atoms with Crippen LogP contribution >= 0.6 is 0 Å². The van der Waals surface area contributed by atoms with Crippen LogP contribution in [0.15, 0.2) is 12.1 Å². The highest BCUT2D eigenvalue weighted by Crippen LogP contribution is 2.32. The molecular weight excluding hydrogens is 218 g/mol. The van der Waals surface area contributed by atoms with Gasteiger partial charge in [-0.25, -0.2) is 4.39 Å². The van der Waals surface area contributed by atoms with Gasteiger partial charge in [-0.2, -0.15) is 0 Å². The number of hydrogen-bond donors (Lipinski definition) is 1. The fourth-order valence-corrected chi connectivity index (χ4v) is 0.930. The molecular formula is C8H7F4NO2. The predicted molar refractivity (Wildman–Crippen MR) is 44.0 cm³/mol. The zero-order valence-corrected chi connectivity index (χ0v) is 7.56. The van der Waals surface area contributed by atoms with Gasteiger partial charge in [0.2, 0.25) is 0 Å². The van der Waals surface area contributed by atoms with Gasteiger partial charge < -0.3 is 15.2 Å². The van der Waals surface area contributed by atoms with Gasteiger partial charge in [0, 0.05) is 12.1 Å². The first-order valence-electron chi connectivity index (χ1n) is 3.72. The largest absolute Gasteiger partial charge is 0.573 e. The Balaban J connectivity index is 3.08. The molecule has 1 aromatic rings. The smallest absolute Gasteiger partial charge is 0.494 e. The van der Waals surface area contributed by atoms with Gasteiger partial charge in [-0.3, -0.25) is 0 Å². The molecule has 0 atom stereocenters. The van der Waals surface area contributed by atoms with Crippen molar-refractivity contribution < 1.29 is 27.0 Å². The van der Waals surface area contributed by atoms with Gasteiger partial charge in [0.15, 0.2) is 11.6 Å². The topological polar surface area (TPSA) is 44.5 Å². The van der Waals surface area contributed by atoms with Crippen molar-refractivity contribution in [2.45, 2.75) is 6.36 Å². The molecule has 0 radical (unpaired) electrons. The third-order valence-corrected chi connectivity index (χ3v) is 1.51. The molecule has 1 aromatic carbocycles. The Morgan fingerprint density at radius 1 is 1.20 bits per heavy atom. The second-order valence-corrected chi connectivity index (χ2v) is 2.57. The van der Waals surface area contributed by atoms with Crippen LogP contribution in [0.4, 0.5) is 23.2 Å². The third-order valence-electron chi connectivity index (χ3n) is 1.51. The minimum absolute atomic E-state index is 0.0874. The first-order chi connectivity index (χ1) is 6.83. The van der Waals surface area contributed by atoms with E-state index in [0.29, 0.717) is 6.07 Å². The highest BCUT2D eigenvalue weighted by molar-refractivity contribution is 5.56. The van der Waals surface area contributed by atoms with E-state index < -0.39 is 17.9 Å². The van der Waals surface area contributed by atoms with Crippen molar-refractivity contribution in [3.05, 3.63) is 17.9 Å². The van der Waals surface area contributed by atoms with Crippen LogP contribution in [0.1, 0.15) is 0 Å². The third kappa shape index (κ3) is 2.90. The fraction of sp³-hybridized carbons (Fsp3) is 0.250. The summed E-state index contributed by atoms with van der Waals surface area (Å²) in [5.41, 5.74) is 5.16. The average Bonchev–Trinajstić information content (AvgIpc) is 2.07. The molecule has 0 aliphatic carbocycles. The lowest BCUT2D eigenvalue weighted by Gasteiger charge is -2.12. The van der Waals surface area contributed by atoms with E-state index in [-0.39, 0.29) is 11.4 Å². The van der Waals surface area contributed by atoms with Crippen LogP contribution in [0.25, 0.3) is 0 Å². The molecule has 0 saturated carbocycles. The molecule has 1 rings (SSSR count). The van der Waals surface area contributed by atoms with Crippen LogP contribution in [0.5, 0.6) is 11.5 Å². The Hall–Kier alpha value is -1.66. The van der Waals surface area contributed by atoms with Crippen LogP contribution < -0.4 is 15.2 Å². The Morgan fingerprint density at radius 3 is 2.27 bits per heavy atom. The molecule has 0 aromatic heterocycles. The van der Waals surface area contributed by atoms with Crippen molar-refractivity contribution >= 4 is 5.69 Å². The van der Waals surface area contributed by atoms with E-state index >= 15 is 0 Å². The van der Waals surface area contributed by atoms with E-state index in [1.54, 1.807) is 0 Å². The molecule has 0 heterocycles. The number of methoxy groups -OCH3 is 1. The van der Waals surface area contributed by atoms with Crippen LogP contribution in [0.2, 0.25) is 0 Å². The van der Waals surface area contributed by atoms with E-state index in [0.717, 1.165) is 6.07 Å². The molecule has 7 heteroatoms. The van der Waals surface area contributed by atoms with Gasteiger partial charge in [-0.1, -0.05) is 0 Å². The molecule has 0 aliphatic heterocycles. The molecule has 2 N–H and O–H groups in total. The lowest BCUT2D eigenvalue weighted by Crippen LogP contribution is -2.18. The first kappa shape index (κ1) is 11.4. The zero-order valence-electron chi connectivity index (χ0n) is 7.56. The summed E-state index contributed by atoms with van der Waals surface area (Å²) in [7, 11) is 1.20. The van der Waals surface area contributed by atoms with Gasteiger partial charge in [0.05, 0.1) is 12.8 Å². The van der Waals surface area contributed by atoms with Crippen LogP contribution in [0, 0.1) is 5.82 Å². The Morgan fingerprint density at radius 2 is 1.80 bits per heavy atom. The summed E-state index contributed by atoms with van der Waals surface area (Å²) in [6, 6.07) is 1.43. The van der Waals surface area contributed by atoms with Crippen LogP contribution in [-0.2, 0) is 0 Å². The SMILES string of the molecule is COc1cc(OC(F)(F)F)c(F)cc1N. The number of hydrogen-bond acceptors (Lipinski definition) is 3. The van der Waals surface area contributed by atoms with Crippen molar-refractivity contribution in [3.8, 4) is 11.5 Å². The lowest BCUT2D eigenvalue weighted by atomic mass is 10.2. The molecule has 15 heavy (non-hydrogen) atoms. The predicted octanol–water partition coefficient (Wildman–Crippen LogP) is 2.32. The molecule has 0 unspecified atom stereocenters. The highest BCUT2D eigenvalue weighted by Gasteiger charge is 2.32. The van der Waals surface area contributed by atoms with E-state index in [2.05, 4.69) is 9.47 Å².